The minimum absolute atomic E-state index is 0.117. The third kappa shape index (κ3) is 4.55. The number of halogens is 1. The standard InChI is InChI=1S/C25H31FN4O5/c1-14(2)28-25(34)30-20-12-29-19(8-7-17(24(29)33)15-5-4-6-16(26)11-15)22(30)21(18(20)13-31)23(32)27-9-10-35-3/h4-8,11,14,18,20-22,31H,9-10,12-13H2,1-3H3,(H,27,32)(H,28,34)/t18-,20-,21+,22+/m0/s1. The van der Waals surface area contributed by atoms with E-state index in [4.69, 9.17) is 4.74 Å². The Hall–Kier alpha value is -3.24. The van der Waals surface area contributed by atoms with Crippen LogP contribution in [0, 0.1) is 17.7 Å². The summed E-state index contributed by atoms with van der Waals surface area (Å²) in [7, 11) is 1.53. The second kappa shape index (κ2) is 10.2. The number of nitrogens with zero attached hydrogens (tertiary/aromatic N) is 2. The van der Waals surface area contributed by atoms with Crippen molar-refractivity contribution in [3.8, 4) is 11.1 Å². The molecular formula is C25H31FN4O5. The first-order chi connectivity index (χ1) is 16.8. The van der Waals surface area contributed by atoms with Gasteiger partial charge in [0.2, 0.25) is 5.91 Å². The molecule has 0 saturated carbocycles. The molecular weight excluding hydrogens is 455 g/mol. The van der Waals surface area contributed by atoms with Gasteiger partial charge in [-0.3, -0.25) is 9.59 Å². The molecule has 1 aromatic carbocycles. The molecule has 3 amide bonds. The zero-order valence-electron chi connectivity index (χ0n) is 20.0. The maximum atomic E-state index is 13.8. The summed E-state index contributed by atoms with van der Waals surface area (Å²) in [5, 5.41) is 16.0. The van der Waals surface area contributed by atoms with Gasteiger partial charge in [-0.15, -0.1) is 0 Å². The quantitative estimate of drug-likeness (QED) is 0.514. The highest BCUT2D eigenvalue weighted by Crippen LogP contribution is 2.48. The van der Waals surface area contributed by atoms with Crippen LogP contribution < -0.4 is 16.2 Å². The lowest BCUT2D eigenvalue weighted by Crippen LogP contribution is -2.53. The lowest BCUT2D eigenvalue weighted by molar-refractivity contribution is -0.127. The highest BCUT2D eigenvalue weighted by Gasteiger charge is 2.57. The SMILES string of the molecule is COCCNC(=O)[C@@H]1[C@@H](CO)[C@@H]2Cn3c(ccc(-c4cccc(F)c4)c3=O)[C@H]1N2C(=O)NC(C)C. The Morgan fingerprint density at radius 2 is 2.03 bits per heavy atom. The highest BCUT2D eigenvalue weighted by molar-refractivity contribution is 5.84. The van der Waals surface area contributed by atoms with E-state index in [0.29, 0.717) is 23.4 Å². The molecule has 2 aliphatic heterocycles. The Balaban J connectivity index is 1.81. The normalized spacial score (nSPS) is 22.7. The van der Waals surface area contributed by atoms with Crippen LogP contribution in [0.1, 0.15) is 25.6 Å². The maximum Gasteiger partial charge on any atom is 0.318 e. The highest BCUT2D eigenvalue weighted by atomic mass is 19.1. The Morgan fingerprint density at radius 3 is 2.69 bits per heavy atom. The molecule has 0 unspecified atom stereocenters. The molecule has 35 heavy (non-hydrogen) atoms. The first kappa shape index (κ1) is 24.9. The van der Waals surface area contributed by atoms with Gasteiger partial charge in [-0.1, -0.05) is 12.1 Å². The van der Waals surface area contributed by atoms with Gasteiger partial charge in [-0.25, -0.2) is 9.18 Å². The van der Waals surface area contributed by atoms with E-state index in [9.17, 15) is 23.9 Å². The fourth-order valence-electron chi connectivity index (χ4n) is 5.28. The van der Waals surface area contributed by atoms with E-state index < -0.39 is 29.7 Å². The number of rotatable bonds is 7. The van der Waals surface area contributed by atoms with Crippen molar-refractivity contribution in [1.29, 1.82) is 0 Å². The summed E-state index contributed by atoms with van der Waals surface area (Å²) in [6.07, 6.45) is 0. The number of methoxy groups -OCH3 is 1. The third-order valence-corrected chi connectivity index (χ3v) is 6.73. The number of ether oxygens (including phenoxy) is 1. The molecule has 0 spiro atoms. The monoisotopic (exact) mass is 486 g/mol. The summed E-state index contributed by atoms with van der Waals surface area (Å²) in [4.78, 5) is 41.6. The van der Waals surface area contributed by atoms with Crippen LogP contribution in [0.15, 0.2) is 41.2 Å². The van der Waals surface area contributed by atoms with Crippen LogP contribution in [0.4, 0.5) is 9.18 Å². The fourth-order valence-corrected chi connectivity index (χ4v) is 5.28. The van der Waals surface area contributed by atoms with E-state index >= 15 is 0 Å². The Bertz CT molecular complexity index is 1170. The number of hydrogen-bond donors (Lipinski definition) is 3. The van der Waals surface area contributed by atoms with Gasteiger partial charge < -0.3 is 29.9 Å². The van der Waals surface area contributed by atoms with Gasteiger partial charge in [-0.05, 0) is 43.7 Å². The third-order valence-electron chi connectivity index (χ3n) is 6.73. The molecule has 4 rings (SSSR count). The number of amides is 3. The molecule has 1 fully saturated rings. The Kier molecular flexibility index (Phi) is 7.23. The zero-order chi connectivity index (χ0) is 25.3. The number of benzene rings is 1. The van der Waals surface area contributed by atoms with Crippen molar-refractivity contribution >= 4 is 11.9 Å². The molecule has 9 nitrogen and oxygen atoms in total. The molecule has 1 aromatic heterocycles. The predicted octanol–water partition coefficient (Wildman–Crippen LogP) is 1.50. The Morgan fingerprint density at radius 1 is 1.26 bits per heavy atom. The average Bonchev–Trinajstić information content (AvgIpc) is 3.06. The summed E-state index contributed by atoms with van der Waals surface area (Å²) in [5.74, 6) is -2.09. The number of carbonyl (C=O) groups excluding carboxylic acids is 2. The molecule has 4 atom stereocenters. The van der Waals surface area contributed by atoms with Gasteiger partial charge in [0.1, 0.15) is 5.82 Å². The number of aromatic nitrogens is 1. The number of hydrogen-bond acceptors (Lipinski definition) is 5. The van der Waals surface area contributed by atoms with E-state index in [1.54, 1.807) is 27.7 Å². The minimum Gasteiger partial charge on any atom is -0.396 e. The van der Waals surface area contributed by atoms with Crippen molar-refractivity contribution in [1.82, 2.24) is 20.1 Å². The number of aliphatic hydroxyl groups excluding tert-OH is 1. The molecule has 10 heteroatoms. The zero-order valence-corrected chi connectivity index (χ0v) is 20.0. The summed E-state index contributed by atoms with van der Waals surface area (Å²) in [5.41, 5.74) is 0.955. The van der Waals surface area contributed by atoms with E-state index in [-0.39, 0.29) is 43.2 Å². The van der Waals surface area contributed by atoms with Crippen molar-refractivity contribution in [3.05, 3.63) is 58.3 Å². The van der Waals surface area contributed by atoms with Crippen molar-refractivity contribution in [3.63, 3.8) is 0 Å². The molecule has 1 saturated heterocycles. The van der Waals surface area contributed by atoms with Crippen LogP contribution in [0.5, 0.6) is 0 Å². The molecule has 2 aliphatic rings. The van der Waals surface area contributed by atoms with Crippen LogP contribution in [-0.2, 0) is 16.1 Å². The van der Waals surface area contributed by atoms with Crippen LogP contribution in [0.3, 0.4) is 0 Å². The summed E-state index contributed by atoms with van der Waals surface area (Å²) in [6.45, 7) is 4.07. The minimum atomic E-state index is -0.757. The summed E-state index contributed by atoms with van der Waals surface area (Å²) in [6, 6.07) is 7.32. The summed E-state index contributed by atoms with van der Waals surface area (Å²) < 4.78 is 20.4. The largest absolute Gasteiger partial charge is 0.396 e. The molecule has 0 aliphatic carbocycles. The fraction of sp³-hybridized carbons (Fsp3) is 0.480. The van der Waals surface area contributed by atoms with Gasteiger partial charge >= 0.3 is 6.03 Å². The van der Waals surface area contributed by atoms with Crippen molar-refractivity contribution in [2.75, 3.05) is 26.9 Å². The lowest BCUT2D eigenvalue weighted by Gasteiger charge is -2.38. The Labute approximate surface area is 202 Å². The van der Waals surface area contributed by atoms with Crippen molar-refractivity contribution in [2.24, 2.45) is 11.8 Å². The predicted molar refractivity (Wildman–Crippen MR) is 127 cm³/mol. The summed E-state index contributed by atoms with van der Waals surface area (Å²) >= 11 is 0. The van der Waals surface area contributed by atoms with Crippen LogP contribution in [-0.4, -0.2) is 65.5 Å². The molecule has 3 heterocycles. The van der Waals surface area contributed by atoms with E-state index in [1.165, 1.54) is 25.3 Å². The van der Waals surface area contributed by atoms with Gasteiger partial charge in [0.25, 0.3) is 5.56 Å². The van der Waals surface area contributed by atoms with Gasteiger partial charge in [0, 0.05) is 50.0 Å². The van der Waals surface area contributed by atoms with E-state index in [1.807, 2.05) is 13.8 Å². The molecule has 3 N–H and O–H groups in total. The number of nitrogens with one attached hydrogen (secondary N) is 2. The second-order valence-corrected chi connectivity index (χ2v) is 9.28. The van der Waals surface area contributed by atoms with E-state index in [2.05, 4.69) is 10.6 Å². The number of urea groups is 1. The van der Waals surface area contributed by atoms with Crippen LogP contribution >= 0.6 is 0 Å². The van der Waals surface area contributed by atoms with E-state index in [0.717, 1.165) is 0 Å². The second-order valence-electron chi connectivity index (χ2n) is 9.28. The number of carbonyl (C=O) groups is 2. The maximum absolute atomic E-state index is 13.8. The first-order valence-electron chi connectivity index (χ1n) is 11.7. The van der Waals surface area contributed by atoms with Crippen molar-refractivity contribution < 1.29 is 23.8 Å². The topological polar surface area (TPSA) is 113 Å². The number of aliphatic hydroxyl groups is 1. The molecule has 2 bridgehead atoms. The molecule has 2 aromatic rings. The van der Waals surface area contributed by atoms with Gasteiger partial charge in [0.15, 0.2) is 0 Å². The smallest absolute Gasteiger partial charge is 0.318 e. The lowest BCUT2D eigenvalue weighted by atomic mass is 9.86. The van der Waals surface area contributed by atoms with Crippen molar-refractivity contribution in [2.45, 2.75) is 38.5 Å². The van der Waals surface area contributed by atoms with Gasteiger partial charge in [0.05, 0.1) is 24.6 Å². The average molecular weight is 487 g/mol. The first-order valence-corrected chi connectivity index (χ1v) is 11.7. The number of pyridine rings is 1. The van der Waals surface area contributed by atoms with Crippen LogP contribution in [0.2, 0.25) is 0 Å². The molecule has 188 valence electrons. The number of fused-ring (bicyclic) bond motifs is 4. The molecule has 0 radical (unpaired) electrons. The van der Waals surface area contributed by atoms with Crippen LogP contribution in [0.25, 0.3) is 11.1 Å². The van der Waals surface area contributed by atoms with Gasteiger partial charge in [-0.2, -0.15) is 0 Å².